The SMILES string of the molecule is CC(C)CNC(=O)C(C)OC(=O)c1sc2cc(F)ccc2c1Cl. The molecule has 2 aromatic rings. The minimum atomic E-state index is -0.931. The second-order valence-electron chi connectivity index (χ2n) is 5.57. The van der Waals surface area contributed by atoms with Crippen LogP contribution in [0.1, 0.15) is 30.4 Å². The predicted molar refractivity (Wildman–Crippen MR) is 89.5 cm³/mol. The lowest BCUT2D eigenvalue weighted by Crippen LogP contribution is -2.37. The number of thiophene rings is 1. The van der Waals surface area contributed by atoms with Gasteiger partial charge in [-0.25, -0.2) is 9.18 Å². The summed E-state index contributed by atoms with van der Waals surface area (Å²) >= 11 is 7.20. The first-order chi connectivity index (χ1) is 10.8. The van der Waals surface area contributed by atoms with Crippen molar-refractivity contribution in [3.05, 3.63) is 33.9 Å². The molecule has 1 aromatic heterocycles. The van der Waals surface area contributed by atoms with Crippen molar-refractivity contribution in [3.8, 4) is 0 Å². The topological polar surface area (TPSA) is 55.4 Å². The molecule has 1 unspecified atom stereocenters. The molecule has 23 heavy (non-hydrogen) atoms. The molecular formula is C16H17ClFNO3S. The van der Waals surface area contributed by atoms with Gasteiger partial charge in [-0.2, -0.15) is 0 Å². The van der Waals surface area contributed by atoms with Crippen LogP contribution in [-0.4, -0.2) is 24.5 Å². The van der Waals surface area contributed by atoms with Crippen LogP contribution in [0, 0.1) is 11.7 Å². The van der Waals surface area contributed by atoms with Gasteiger partial charge in [-0.15, -0.1) is 11.3 Å². The van der Waals surface area contributed by atoms with Gasteiger partial charge in [-0.3, -0.25) is 4.79 Å². The quantitative estimate of drug-likeness (QED) is 0.822. The molecule has 1 atom stereocenters. The summed E-state index contributed by atoms with van der Waals surface area (Å²) in [6.07, 6.45) is -0.931. The van der Waals surface area contributed by atoms with E-state index in [1.807, 2.05) is 13.8 Å². The third-order valence-electron chi connectivity index (χ3n) is 3.11. The van der Waals surface area contributed by atoms with Crippen LogP contribution in [0.2, 0.25) is 5.02 Å². The minimum Gasteiger partial charge on any atom is -0.448 e. The molecule has 0 spiro atoms. The summed E-state index contributed by atoms with van der Waals surface area (Å²) in [4.78, 5) is 24.2. The number of rotatable bonds is 5. The summed E-state index contributed by atoms with van der Waals surface area (Å²) in [5.74, 6) is -1.16. The Balaban J connectivity index is 2.11. The zero-order valence-electron chi connectivity index (χ0n) is 13.0. The van der Waals surface area contributed by atoms with Crippen LogP contribution < -0.4 is 5.32 Å². The summed E-state index contributed by atoms with van der Waals surface area (Å²) in [6, 6.07) is 4.10. The molecule has 4 nitrogen and oxygen atoms in total. The summed E-state index contributed by atoms with van der Waals surface area (Å²) in [6.45, 7) is 5.93. The number of carbonyl (C=O) groups is 2. The maximum Gasteiger partial charge on any atom is 0.350 e. The Labute approximate surface area is 142 Å². The van der Waals surface area contributed by atoms with Gasteiger partial charge in [0, 0.05) is 16.6 Å². The van der Waals surface area contributed by atoms with Gasteiger partial charge < -0.3 is 10.1 Å². The Bertz CT molecular complexity index is 744. The molecule has 0 aliphatic carbocycles. The number of carbonyl (C=O) groups excluding carboxylic acids is 2. The third kappa shape index (κ3) is 4.20. The van der Waals surface area contributed by atoms with E-state index in [2.05, 4.69) is 5.32 Å². The molecule has 7 heteroatoms. The lowest BCUT2D eigenvalue weighted by Gasteiger charge is -2.14. The van der Waals surface area contributed by atoms with E-state index in [0.29, 0.717) is 22.5 Å². The Kier molecular flexibility index (Phi) is 5.59. The number of fused-ring (bicyclic) bond motifs is 1. The summed E-state index contributed by atoms with van der Waals surface area (Å²) in [5.41, 5.74) is 0. The van der Waals surface area contributed by atoms with Crippen molar-refractivity contribution < 1.29 is 18.7 Å². The lowest BCUT2D eigenvalue weighted by atomic mass is 10.2. The van der Waals surface area contributed by atoms with E-state index < -0.39 is 17.9 Å². The molecule has 1 N–H and O–H groups in total. The first-order valence-electron chi connectivity index (χ1n) is 7.15. The van der Waals surface area contributed by atoms with Gasteiger partial charge in [-0.1, -0.05) is 25.4 Å². The maximum absolute atomic E-state index is 13.2. The van der Waals surface area contributed by atoms with Crippen LogP contribution >= 0.6 is 22.9 Å². The first kappa shape index (κ1) is 17.7. The van der Waals surface area contributed by atoms with Crippen LogP contribution in [-0.2, 0) is 9.53 Å². The van der Waals surface area contributed by atoms with E-state index in [0.717, 1.165) is 11.3 Å². The molecule has 124 valence electrons. The Morgan fingerprint density at radius 3 is 2.70 bits per heavy atom. The Morgan fingerprint density at radius 1 is 1.35 bits per heavy atom. The van der Waals surface area contributed by atoms with Gasteiger partial charge in [0.2, 0.25) is 0 Å². The van der Waals surface area contributed by atoms with Crippen molar-refractivity contribution in [1.29, 1.82) is 0 Å². The van der Waals surface area contributed by atoms with Crippen molar-refractivity contribution >= 4 is 44.9 Å². The van der Waals surface area contributed by atoms with Crippen LogP contribution in [0.25, 0.3) is 10.1 Å². The van der Waals surface area contributed by atoms with Gasteiger partial charge in [0.1, 0.15) is 10.7 Å². The standard InChI is InChI=1S/C16H17ClFNO3S/c1-8(2)7-19-15(20)9(3)22-16(21)14-13(17)11-5-4-10(18)6-12(11)23-14/h4-6,8-9H,7H2,1-3H3,(H,19,20). The zero-order chi connectivity index (χ0) is 17.1. The van der Waals surface area contributed by atoms with E-state index in [1.54, 1.807) is 0 Å². The molecule has 0 aliphatic heterocycles. The van der Waals surface area contributed by atoms with E-state index in [9.17, 15) is 14.0 Å². The monoisotopic (exact) mass is 357 g/mol. The number of amides is 1. The average Bonchev–Trinajstić information content (AvgIpc) is 2.81. The molecule has 1 heterocycles. The molecular weight excluding hydrogens is 341 g/mol. The lowest BCUT2D eigenvalue weighted by molar-refractivity contribution is -0.129. The second kappa shape index (κ2) is 7.27. The maximum atomic E-state index is 13.2. The van der Waals surface area contributed by atoms with Gasteiger partial charge in [0.25, 0.3) is 5.91 Å². The van der Waals surface area contributed by atoms with Gasteiger partial charge in [-0.05, 0) is 31.0 Å². The number of nitrogens with one attached hydrogen (secondary N) is 1. The van der Waals surface area contributed by atoms with E-state index in [1.165, 1.54) is 25.1 Å². The highest BCUT2D eigenvalue weighted by Gasteiger charge is 2.23. The predicted octanol–water partition coefficient (Wildman–Crippen LogP) is 4.01. The first-order valence-corrected chi connectivity index (χ1v) is 8.35. The molecule has 0 radical (unpaired) electrons. The van der Waals surface area contributed by atoms with Crippen molar-refractivity contribution in [1.82, 2.24) is 5.32 Å². The van der Waals surface area contributed by atoms with Gasteiger partial charge in [0.15, 0.2) is 6.10 Å². The van der Waals surface area contributed by atoms with Crippen LogP contribution in [0.5, 0.6) is 0 Å². The smallest absolute Gasteiger partial charge is 0.350 e. The molecule has 1 amide bonds. The highest BCUT2D eigenvalue weighted by molar-refractivity contribution is 7.21. The number of halogens is 2. The average molecular weight is 358 g/mol. The molecule has 0 bridgehead atoms. The van der Waals surface area contributed by atoms with Crippen LogP contribution in [0.3, 0.4) is 0 Å². The molecule has 1 aromatic carbocycles. The Morgan fingerprint density at radius 2 is 2.04 bits per heavy atom. The fourth-order valence-electron chi connectivity index (χ4n) is 1.89. The fraction of sp³-hybridized carbons (Fsp3) is 0.375. The highest BCUT2D eigenvalue weighted by Crippen LogP contribution is 2.36. The van der Waals surface area contributed by atoms with Crippen molar-refractivity contribution in [3.63, 3.8) is 0 Å². The summed E-state index contributed by atoms with van der Waals surface area (Å²) in [7, 11) is 0. The number of ether oxygens (including phenoxy) is 1. The number of hydrogen-bond donors (Lipinski definition) is 1. The van der Waals surface area contributed by atoms with Crippen LogP contribution in [0.4, 0.5) is 4.39 Å². The largest absolute Gasteiger partial charge is 0.448 e. The number of benzene rings is 1. The van der Waals surface area contributed by atoms with Gasteiger partial charge >= 0.3 is 5.97 Å². The highest BCUT2D eigenvalue weighted by atomic mass is 35.5. The number of esters is 1. The van der Waals surface area contributed by atoms with E-state index >= 15 is 0 Å². The van der Waals surface area contributed by atoms with Crippen molar-refractivity contribution in [2.24, 2.45) is 5.92 Å². The van der Waals surface area contributed by atoms with E-state index in [4.69, 9.17) is 16.3 Å². The third-order valence-corrected chi connectivity index (χ3v) is 4.75. The van der Waals surface area contributed by atoms with Gasteiger partial charge in [0.05, 0.1) is 5.02 Å². The zero-order valence-corrected chi connectivity index (χ0v) is 14.6. The second-order valence-corrected chi connectivity index (χ2v) is 7.00. The molecule has 0 saturated heterocycles. The fourth-order valence-corrected chi connectivity index (χ4v) is 3.30. The molecule has 0 fully saturated rings. The number of hydrogen-bond acceptors (Lipinski definition) is 4. The van der Waals surface area contributed by atoms with Crippen molar-refractivity contribution in [2.45, 2.75) is 26.9 Å². The van der Waals surface area contributed by atoms with E-state index in [-0.39, 0.29) is 15.8 Å². The Hall–Kier alpha value is -1.66. The minimum absolute atomic E-state index is 0.163. The molecule has 0 saturated carbocycles. The summed E-state index contributed by atoms with van der Waals surface area (Å²) < 4.78 is 18.9. The van der Waals surface area contributed by atoms with Crippen molar-refractivity contribution in [2.75, 3.05) is 6.54 Å². The normalized spacial score (nSPS) is 12.4. The molecule has 0 aliphatic rings. The van der Waals surface area contributed by atoms with Crippen LogP contribution in [0.15, 0.2) is 18.2 Å². The summed E-state index contributed by atoms with van der Waals surface area (Å²) in [5, 5.41) is 3.49. The molecule has 2 rings (SSSR count).